The molecule has 0 atom stereocenters. The zero-order chi connectivity index (χ0) is 16.7. The Hall–Kier alpha value is -2.62. The second-order valence-corrected chi connectivity index (χ2v) is 5.20. The van der Waals surface area contributed by atoms with Gasteiger partial charge in [-0.05, 0) is 43.2 Å². The summed E-state index contributed by atoms with van der Waals surface area (Å²) < 4.78 is 18.7. The van der Waals surface area contributed by atoms with Crippen molar-refractivity contribution in [1.29, 1.82) is 0 Å². The van der Waals surface area contributed by atoms with Crippen LogP contribution in [0, 0.1) is 5.82 Å². The molecule has 1 amide bonds. The Morgan fingerprint density at radius 1 is 1.22 bits per heavy atom. The fourth-order valence-electron chi connectivity index (χ4n) is 2.09. The van der Waals surface area contributed by atoms with Gasteiger partial charge in [-0.25, -0.2) is 4.39 Å². The SMILES string of the molecule is CCC=C(C)C(=O)Nc1cccc(COc2cccc(F)c2)c1. The van der Waals surface area contributed by atoms with Crippen LogP contribution in [0.3, 0.4) is 0 Å². The standard InChI is InChI=1S/C19H20FNO2/c1-3-6-14(2)19(22)21-17-9-4-7-15(11-17)13-23-18-10-5-8-16(20)12-18/h4-12H,3,13H2,1-2H3,(H,21,22). The molecule has 3 nitrogen and oxygen atoms in total. The van der Waals surface area contributed by atoms with E-state index >= 15 is 0 Å². The molecule has 0 heterocycles. The Labute approximate surface area is 135 Å². The number of ether oxygens (including phenoxy) is 1. The molecule has 23 heavy (non-hydrogen) atoms. The largest absolute Gasteiger partial charge is 0.489 e. The van der Waals surface area contributed by atoms with Gasteiger partial charge in [0.25, 0.3) is 5.91 Å². The smallest absolute Gasteiger partial charge is 0.250 e. The van der Waals surface area contributed by atoms with Crippen LogP contribution in [0.4, 0.5) is 10.1 Å². The Bertz CT molecular complexity index is 710. The molecule has 0 fully saturated rings. The highest BCUT2D eigenvalue weighted by Crippen LogP contribution is 2.16. The topological polar surface area (TPSA) is 38.3 Å². The Balaban J connectivity index is 1.99. The average Bonchev–Trinajstić information content (AvgIpc) is 2.53. The van der Waals surface area contributed by atoms with Crippen LogP contribution in [0.25, 0.3) is 0 Å². The maximum absolute atomic E-state index is 13.1. The molecule has 2 rings (SSSR count). The number of allylic oxidation sites excluding steroid dienone is 1. The van der Waals surface area contributed by atoms with Crippen LogP contribution in [0.15, 0.2) is 60.2 Å². The van der Waals surface area contributed by atoms with Crippen molar-refractivity contribution in [2.24, 2.45) is 0 Å². The van der Waals surface area contributed by atoms with Crippen LogP contribution in [0.2, 0.25) is 0 Å². The van der Waals surface area contributed by atoms with E-state index in [4.69, 9.17) is 4.74 Å². The summed E-state index contributed by atoms with van der Waals surface area (Å²) >= 11 is 0. The minimum absolute atomic E-state index is 0.116. The Morgan fingerprint density at radius 3 is 2.74 bits per heavy atom. The fourth-order valence-corrected chi connectivity index (χ4v) is 2.09. The van der Waals surface area contributed by atoms with Gasteiger partial charge in [0.15, 0.2) is 0 Å². The molecule has 0 aliphatic rings. The van der Waals surface area contributed by atoms with Crippen molar-refractivity contribution in [3.63, 3.8) is 0 Å². The van der Waals surface area contributed by atoms with E-state index < -0.39 is 0 Å². The van der Waals surface area contributed by atoms with Crippen molar-refractivity contribution in [3.8, 4) is 5.75 Å². The summed E-state index contributed by atoms with van der Waals surface area (Å²) in [5.74, 6) is 0.0258. The van der Waals surface area contributed by atoms with E-state index in [1.54, 1.807) is 19.1 Å². The van der Waals surface area contributed by atoms with Gasteiger partial charge in [0, 0.05) is 17.3 Å². The van der Waals surface area contributed by atoms with E-state index in [-0.39, 0.29) is 11.7 Å². The predicted molar refractivity (Wildman–Crippen MR) is 89.9 cm³/mol. The molecule has 0 radical (unpaired) electrons. The number of rotatable bonds is 6. The summed E-state index contributed by atoms with van der Waals surface area (Å²) in [6, 6.07) is 13.4. The maximum Gasteiger partial charge on any atom is 0.250 e. The van der Waals surface area contributed by atoms with Crippen LogP contribution in [-0.4, -0.2) is 5.91 Å². The second kappa shape index (κ2) is 8.13. The van der Waals surface area contributed by atoms with Crippen molar-refractivity contribution in [2.75, 3.05) is 5.32 Å². The van der Waals surface area contributed by atoms with E-state index in [1.165, 1.54) is 12.1 Å². The average molecular weight is 313 g/mol. The van der Waals surface area contributed by atoms with Crippen molar-refractivity contribution < 1.29 is 13.9 Å². The number of anilines is 1. The number of hydrogen-bond donors (Lipinski definition) is 1. The number of halogens is 1. The Morgan fingerprint density at radius 2 is 2.00 bits per heavy atom. The molecule has 2 aromatic carbocycles. The third-order valence-corrected chi connectivity index (χ3v) is 3.25. The van der Waals surface area contributed by atoms with Crippen molar-refractivity contribution in [3.05, 3.63) is 71.6 Å². The number of benzene rings is 2. The van der Waals surface area contributed by atoms with E-state index in [1.807, 2.05) is 37.3 Å². The summed E-state index contributed by atoms with van der Waals surface area (Å²) in [7, 11) is 0. The zero-order valence-corrected chi connectivity index (χ0v) is 13.3. The van der Waals surface area contributed by atoms with Gasteiger partial charge in [-0.2, -0.15) is 0 Å². The van der Waals surface area contributed by atoms with Crippen LogP contribution in [-0.2, 0) is 11.4 Å². The van der Waals surface area contributed by atoms with E-state index in [0.717, 1.165) is 12.0 Å². The lowest BCUT2D eigenvalue weighted by atomic mass is 10.2. The number of hydrogen-bond acceptors (Lipinski definition) is 2. The maximum atomic E-state index is 13.1. The normalized spacial score (nSPS) is 11.2. The van der Waals surface area contributed by atoms with Gasteiger partial charge in [-0.15, -0.1) is 0 Å². The molecule has 0 spiro atoms. The number of carbonyl (C=O) groups is 1. The van der Waals surface area contributed by atoms with Gasteiger partial charge < -0.3 is 10.1 Å². The first-order chi connectivity index (χ1) is 11.1. The van der Waals surface area contributed by atoms with Crippen molar-refractivity contribution >= 4 is 11.6 Å². The molecule has 2 aromatic rings. The van der Waals surface area contributed by atoms with Crippen molar-refractivity contribution in [1.82, 2.24) is 0 Å². The highest BCUT2D eigenvalue weighted by atomic mass is 19.1. The van der Waals surface area contributed by atoms with E-state index in [0.29, 0.717) is 23.6 Å². The first-order valence-corrected chi connectivity index (χ1v) is 7.54. The van der Waals surface area contributed by atoms with Gasteiger partial charge in [0.2, 0.25) is 0 Å². The second-order valence-electron chi connectivity index (χ2n) is 5.20. The molecule has 0 aromatic heterocycles. The summed E-state index contributed by atoms with van der Waals surface area (Å²) in [6.45, 7) is 4.08. The lowest BCUT2D eigenvalue weighted by Crippen LogP contribution is -2.12. The molecule has 0 aliphatic heterocycles. The highest BCUT2D eigenvalue weighted by molar-refractivity contribution is 6.03. The summed E-state index contributed by atoms with van der Waals surface area (Å²) in [6.07, 6.45) is 2.70. The minimum atomic E-state index is -0.332. The van der Waals surface area contributed by atoms with Crippen LogP contribution in [0.1, 0.15) is 25.8 Å². The number of nitrogens with one attached hydrogen (secondary N) is 1. The number of amides is 1. The lowest BCUT2D eigenvalue weighted by molar-refractivity contribution is -0.112. The Kier molecular flexibility index (Phi) is 5.92. The monoisotopic (exact) mass is 313 g/mol. The molecular weight excluding hydrogens is 293 g/mol. The number of carbonyl (C=O) groups excluding carboxylic acids is 1. The van der Waals surface area contributed by atoms with E-state index in [2.05, 4.69) is 5.32 Å². The quantitative estimate of drug-likeness (QED) is 0.785. The van der Waals surface area contributed by atoms with Gasteiger partial charge in [-0.3, -0.25) is 4.79 Å². The molecular formula is C19H20FNO2. The van der Waals surface area contributed by atoms with Crippen molar-refractivity contribution in [2.45, 2.75) is 26.9 Å². The molecule has 0 bridgehead atoms. The summed E-state index contributed by atoms with van der Waals surface area (Å²) in [5.41, 5.74) is 2.29. The lowest BCUT2D eigenvalue weighted by Gasteiger charge is -2.09. The van der Waals surface area contributed by atoms with Gasteiger partial charge in [-0.1, -0.05) is 31.2 Å². The van der Waals surface area contributed by atoms with Crippen LogP contribution in [0.5, 0.6) is 5.75 Å². The third-order valence-electron chi connectivity index (χ3n) is 3.25. The first-order valence-electron chi connectivity index (χ1n) is 7.54. The predicted octanol–water partition coefficient (Wildman–Crippen LogP) is 4.70. The first kappa shape index (κ1) is 16.7. The molecule has 120 valence electrons. The molecule has 1 N–H and O–H groups in total. The van der Waals surface area contributed by atoms with Crippen LogP contribution < -0.4 is 10.1 Å². The van der Waals surface area contributed by atoms with Gasteiger partial charge >= 0.3 is 0 Å². The van der Waals surface area contributed by atoms with Gasteiger partial charge in [0.1, 0.15) is 18.2 Å². The summed E-state index contributed by atoms with van der Waals surface area (Å²) in [4.78, 5) is 12.0. The van der Waals surface area contributed by atoms with Crippen LogP contribution >= 0.6 is 0 Å². The summed E-state index contributed by atoms with van der Waals surface area (Å²) in [5, 5.41) is 2.85. The fraction of sp³-hybridized carbons (Fsp3) is 0.211. The molecule has 4 heteroatoms. The highest BCUT2D eigenvalue weighted by Gasteiger charge is 2.05. The van der Waals surface area contributed by atoms with Gasteiger partial charge in [0.05, 0.1) is 0 Å². The van der Waals surface area contributed by atoms with E-state index in [9.17, 15) is 9.18 Å². The third kappa shape index (κ3) is 5.25. The molecule has 0 aliphatic carbocycles. The zero-order valence-electron chi connectivity index (χ0n) is 13.3. The molecule has 0 saturated heterocycles. The minimum Gasteiger partial charge on any atom is -0.489 e. The molecule has 0 saturated carbocycles. The molecule has 0 unspecified atom stereocenters.